The van der Waals surface area contributed by atoms with Crippen molar-refractivity contribution in [3.63, 3.8) is 0 Å². The van der Waals surface area contributed by atoms with Gasteiger partial charge in [-0.1, -0.05) is 17.2 Å². The maximum Gasteiger partial charge on any atom is 0.248 e. The lowest BCUT2D eigenvalue weighted by molar-refractivity contribution is 0.393. The summed E-state index contributed by atoms with van der Waals surface area (Å²) in [6.45, 7) is 4.21. The summed E-state index contributed by atoms with van der Waals surface area (Å²) in [5.41, 5.74) is 5.45. The fourth-order valence-corrected chi connectivity index (χ4v) is 3.22. The molecule has 7 heteroatoms. The van der Waals surface area contributed by atoms with Crippen molar-refractivity contribution in [1.82, 2.24) is 20.2 Å². The van der Waals surface area contributed by atoms with Crippen molar-refractivity contribution < 1.29 is 9.47 Å². The molecule has 1 aliphatic rings. The van der Waals surface area contributed by atoms with Gasteiger partial charge in [0.05, 0.1) is 14.2 Å². The third-order valence-corrected chi connectivity index (χ3v) is 4.90. The maximum absolute atomic E-state index is 5.58. The molecule has 0 saturated heterocycles. The highest BCUT2D eigenvalue weighted by Crippen LogP contribution is 2.37. The Morgan fingerprint density at radius 3 is 2.59 bits per heavy atom. The number of aromatic nitrogens is 4. The molecule has 1 aliphatic heterocycles. The fraction of sp³-hybridized carbons (Fsp3) is 0.250. The SMILES string of the molecule is COc1ccc(OC)c([C@@H]2C=C(c3ccc(C)c(C)c3)Nc3nnnn32)c1. The number of allylic oxidation sites excluding steroid dienone is 1. The number of nitrogens with zero attached hydrogens (tertiary/aromatic N) is 4. The van der Waals surface area contributed by atoms with E-state index in [2.05, 4.69) is 59.0 Å². The summed E-state index contributed by atoms with van der Waals surface area (Å²) < 4.78 is 12.7. The lowest BCUT2D eigenvalue weighted by atomic mass is 9.98. The number of rotatable bonds is 4. The molecule has 2 heterocycles. The van der Waals surface area contributed by atoms with Gasteiger partial charge in [-0.2, -0.15) is 4.68 Å². The molecule has 0 radical (unpaired) electrons. The van der Waals surface area contributed by atoms with Gasteiger partial charge in [0.25, 0.3) is 0 Å². The summed E-state index contributed by atoms with van der Waals surface area (Å²) in [6, 6.07) is 11.9. The summed E-state index contributed by atoms with van der Waals surface area (Å²) >= 11 is 0. The third-order valence-electron chi connectivity index (χ3n) is 4.90. The number of methoxy groups -OCH3 is 2. The number of tetrazole rings is 1. The lowest BCUT2D eigenvalue weighted by Gasteiger charge is -2.25. The maximum atomic E-state index is 5.58. The summed E-state index contributed by atoms with van der Waals surface area (Å²) in [5, 5.41) is 15.4. The lowest BCUT2D eigenvalue weighted by Crippen LogP contribution is -2.21. The highest BCUT2D eigenvalue weighted by molar-refractivity contribution is 5.77. The van der Waals surface area contributed by atoms with Gasteiger partial charge in [0.2, 0.25) is 5.95 Å². The third kappa shape index (κ3) is 3.01. The van der Waals surface area contributed by atoms with Crippen molar-refractivity contribution in [2.75, 3.05) is 19.5 Å². The van der Waals surface area contributed by atoms with E-state index in [-0.39, 0.29) is 6.04 Å². The second-order valence-corrected chi connectivity index (χ2v) is 6.50. The number of hydrogen-bond donors (Lipinski definition) is 1. The molecule has 7 nitrogen and oxygen atoms in total. The predicted octanol–water partition coefficient (Wildman–Crippen LogP) is 3.36. The molecule has 27 heavy (non-hydrogen) atoms. The Labute approximate surface area is 157 Å². The van der Waals surface area contributed by atoms with E-state index < -0.39 is 0 Å². The Bertz CT molecular complexity index is 1020. The van der Waals surface area contributed by atoms with Crippen LogP contribution in [-0.4, -0.2) is 34.4 Å². The van der Waals surface area contributed by atoms with E-state index in [0.717, 1.165) is 28.3 Å². The van der Waals surface area contributed by atoms with Crippen LogP contribution in [0.2, 0.25) is 0 Å². The van der Waals surface area contributed by atoms with Crippen molar-refractivity contribution in [1.29, 1.82) is 0 Å². The molecule has 0 aliphatic carbocycles. The van der Waals surface area contributed by atoms with Gasteiger partial charge < -0.3 is 14.8 Å². The van der Waals surface area contributed by atoms with Crippen molar-refractivity contribution in [2.45, 2.75) is 19.9 Å². The second kappa shape index (κ2) is 6.75. The van der Waals surface area contributed by atoms with Gasteiger partial charge in [-0.3, -0.25) is 0 Å². The number of anilines is 1. The van der Waals surface area contributed by atoms with E-state index in [0.29, 0.717) is 5.95 Å². The van der Waals surface area contributed by atoms with Gasteiger partial charge >= 0.3 is 0 Å². The number of fused-ring (bicyclic) bond motifs is 1. The first kappa shape index (κ1) is 17.1. The number of ether oxygens (including phenoxy) is 2. The van der Waals surface area contributed by atoms with Crippen molar-refractivity contribution >= 4 is 11.6 Å². The summed E-state index contributed by atoms with van der Waals surface area (Å²) in [4.78, 5) is 0. The molecule has 1 aromatic heterocycles. The number of benzene rings is 2. The Morgan fingerprint density at radius 1 is 1.00 bits per heavy atom. The van der Waals surface area contributed by atoms with E-state index in [9.17, 15) is 0 Å². The van der Waals surface area contributed by atoms with Crippen molar-refractivity contribution in [3.8, 4) is 11.5 Å². The zero-order valence-electron chi connectivity index (χ0n) is 15.7. The first-order valence-corrected chi connectivity index (χ1v) is 8.67. The van der Waals surface area contributed by atoms with Gasteiger partial charge in [0.15, 0.2) is 0 Å². The van der Waals surface area contributed by atoms with Crippen molar-refractivity contribution in [3.05, 3.63) is 64.7 Å². The highest BCUT2D eigenvalue weighted by Gasteiger charge is 2.27. The van der Waals surface area contributed by atoms with Crippen LogP contribution in [0.5, 0.6) is 11.5 Å². The van der Waals surface area contributed by atoms with Gasteiger partial charge in [0.1, 0.15) is 17.5 Å². The molecule has 1 N–H and O–H groups in total. The average Bonchev–Trinajstić information content (AvgIpc) is 3.17. The molecule has 0 bridgehead atoms. The van der Waals surface area contributed by atoms with Crippen LogP contribution in [0.3, 0.4) is 0 Å². The average molecular weight is 363 g/mol. The molecular formula is C20H21N5O2. The minimum Gasteiger partial charge on any atom is -0.497 e. The molecule has 0 saturated carbocycles. The summed E-state index contributed by atoms with van der Waals surface area (Å²) in [7, 11) is 3.30. The van der Waals surface area contributed by atoms with Crippen LogP contribution in [0, 0.1) is 13.8 Å². The van der Waals surface area contributed by atoms with Crippen LogP contribution in [0.4, 0.5) is 5.95 Å². The van der Waals surface area contributed by atoms with E-state index in [1.807, 2.05) is 18.2 Å². The predicted molar refractivity (Wildman–Crippen MR) is 103 cm³/mol. The smallest absolute Gasteiger partial charge is 0.248 e. The topological polar surface area (TPSA) is 74.1 Å². The largest absolute Gasteiger partial charge is 0.497 e. The molecule has 138 valence electrons. The van der Waals surface area contributed by atoms with E-state index in [1.165, 1.54) is 11.1 Å². The molecule has 0 amide bonds. The summed E-state index contributed by atoms with van der Waals surface area (Å²) in [6.07, 6.45) is 2.10. The summed E-state index contributed by atoms with van der Waals surface area (Å²) in [5.74, 6) is 2.08. The van der Waals surface area contributed by atoms with Crippen LogP contribution in [-0.2, 0) is 0 Å². The molecule has 0 fully saturated rings. The monoisotopic (exact) mass is 363 g/mol. The molecule has 0 spiro atoms. The molecular weight excluding hydrogens is 342 g/mol. The standard InChI is InChI=1S/C20H21N5O2/c1-12-5-6-14(9-13(12)2)17-11-18(25-20(21-17)22-23-24-25)16-10-15(26-3)7-8-19(16)27-4/h5-11,18H,1-4H3,(H,21,22,24)/t18-/m0/s1. The van der Waals surface area contributed by atoms with Crippen LogP contribution in [0.1, 0.15) is 28.3 Å². The Morgan fingerprint density at radius 2 is 1.85 bits per heavy atom. The van der Waals surface area contributed by atoms with E-state index in [1.54, 1.807) is 18.9 Å². The first-order valence-electron chi connectivity index (χ1n) is 8.67. The quantitative estimate of drug-likeness (QED) is 0.766. The number of aryl methyl sites for hydroxylation is 2. The van der Waals surface area contributed by atoms with Gasteiger partial charge in [0, 0.05) is 11.3 Å². The number of nitrogens with one attached hydrogen (secondary N) is 1. The second-order valence-electron chi connectivity index (χ2n) is 6.50. The minimum atomic E-state index is -0.224. The Kier molecular flexibility index (Phi) is 4.27. The molecule has 0 unspecified atom stereocenters. The van der Waals surface area contributed by atoms with Crippen molar-refractivity contribution in [2.24, 2.45) is 0 Å². The zero-order valence-corrected chi connectivity index (χ0v) is 15.7. The van der Waals surface area contributed by atoms with Crippen LogP contribution in [0.25, 0.3) is 5.70 Å². The first-order chi connectivity index (χ1) is 13.1. The van der Waals surface area contributed by atoms with Gasteiger partial charge in [-0.05, 0) is 71.3 Å². The van der Waals surface area contributed by atoms with E-state index in [4.69, 9.17) is 9.47 Å². The Balaban J connectivity index is 1.86. The highest BCUT2D eigenvalue weighted by atomic mass is 16.5. The minimum absolute atomic E-state index is 0.224. The van der Waals surface area contributed by atoms with E-state index >= 15 is 0 Å². The molecule has 2 aromatic carbocycles. The zero-order chi connectivity index (χ0) is 19.0. The number of hydrogen-bond acceptors (Lipinski definition) is 6. The fourth-order valence-electron chi connectivity index (χ4n) is 3.22. The molecule has 1 atom stereocenters. The van der Waals surface area contributed by atoms with Gasteiger partial charge in [-0.25, -0.2) is 0 Å². The Hall–Kier alpha value is -3.35. The van der Waals surface area contributed by atoms with Crippen LogP contribution >= 0.6 is 0 Å². The molecule has 3 aromatic rings. The van der Waals surface area contributed by atoms with Gasteiger partial charge in [-0.15, -0.1) is 0 Å². The normalized spacial score (nSPS) is 15.6. The van der Waals surface area contributed by atoms with Crippen LogP contribution < -0.4 is 14.8 Å². The van der Waals surface area contributed by atoms with Crippen LogP contribution in [0.15, 0.2) is 42.5 Å². The molecule has 4 rings (SSSR count).